The van der Waals surface area contributed by atoms with E-state index in [4.69, 9.17) is 10.7 Å². The van der Waals surface area contributed by atoms with Crippen LogP contribution in [0.5, 0.6) is 0 Å². The number of halogens is 1. The number of unbranched alkanes of at least 4 members (excludes halogenated alkanes) is 1. The molecule has 0 spiro atoms. The number of primary amides is 1. The van der Waals surface area contributed by atoms with Gasteiger partial charge in [-0.25, -0.2) is 0 Å². The van der Waals surface area contributed by atoms with Crippen molar-refractivity contribution < 1.29 is 9.00 Å². The predicted molar refractivity (Wildman–Crippen MR) is 137 cm³/mol. The lowest BCUT2D eigenvalue weighted by Gasteiger charge is -2.30. The van der Waals surface area contributed by atoms with Crippen LogP contribution >= 0.6 is 24.0 Å². The first kappa shape index (κ1) is 27.6. The van der Waals surface area contributed by atoms with Gasteiger partial charge in [0.2, 0.25) is 5.91 Å². The lowest BCUT2D eigenvalue weighted by atomic mass is 9.95. The molecular formula is C21H42IN5O2S. The number of guanidine groups is 1. The molecule has 1 amide bonds. The van der Waals surface area contributed by atoms with Crippen LogP contribution in [0, 0.1) is 5.92 Å². The largest absolute Gasteiger partial charge is 0.369 e. The molecule has 2 fully saturated rings. The van der Waals surface area contributed by atoms with E-state index >= 15 is 0 Å². The normalized spacial score (nSPS) is 24.7. The van der Waals surface area contributed by atoms with E-state index in [1.807, 2.05) is 6.92 Å². The number of hydrogen-bond acceptors (Lipinski definition) is 4. The van der Waals surface area contributed by atoms with Gasteiger partial charge < -0.3 is 21.3 Å². The van der Waals surface area contributed by atoms with E-state index in [9.17, 15) is 9.00 Å². The number of nitrogens with zero attached hydrogens (tertiary/aromatic N) is 2. The molecule has 7 nitrogen and oxygen atoms in total. The molecule has 4 N–H and O–H groups in total. The molecule has 1 heterocycles. The standard InChI is InChI=1S/C21H41N5O2S.HI/c1-3-23-21(25-18-8-7-9-19(16-18)29(28)4-2)24-12-5-6-13-26-14-10-17(11-15-26)20(22)27;/h17-19H,3-16H2,1-2H3,(H2,22,27)(H2,23,24,25);1H. The minimum Gasteiger partial charge on any atom is -0.369 e. The van der Waals surface area contributed by atoms with Crippen molar-refractivity contribution in [2.75, 3.05) is 38.5 Å². The Kier molecular flexibility index (Phi) is 14.2. The quantitative estimate of drug-likeness (QED) is 0.166. The number of hydrogen-bond donors (Lipinski definition) is 3. The van der Waals surface area contributed by atoms with Crippen LogP contribution in [0.3, 0.4) is 0 Å². The summed E-state index contributed by atoms with van der Waals surface area (Å²) in [6.07, 6.45) is 8.29. The maximum Gasteiger partial charge on any atom is 0.220 e. The summed E-state index contributed by atoms with van der Waals surface area (Å²) < 4.78 is 12.2. The molecule has 3 unspecified atom stereocenters. The molecule has 0 bridgehead atoms. The zero-order chi connectivity index (χ0) is 21.1. The van der Waals surface area contributed by atoms with Gasteiger partial charge in [-0.15, -0.1) is 24.0 Å². The van der Waals surface area contributed by atoms with Gasteiger partial charge in [0.25, 0.3) is 0 Å². The minimum absolute atomic E-state index is 0. The highest BCUT2D eigenvalue weighted by Gasteiger charge is 2.26. The van der Waals surface area contributed by atoms with Crippen LogP contribution in [0.15, 0.2) is 4.99 Å². The Morgan fingerprint density at radius 3 is 2.53 bits per heavy atom. The third-order valence-electron chi connectivity index (χ3n) is 6.11. The molecule has 1 saturated carbocycles. The fourth-order valence-electron chi connectivity index (χ4n) is 4.34. The van der Waals surface area contributed by atoms with Crippen LogP contribution in [0.1, 0.15) is 65.2 Å². The van der Waals surface area contributed by atoms with Gasteiger partial charge in [0.15, 0.2) is 5.96 Å². The first-order chi connectivity index (χ1) is 14.0. The SMILES string of the molecule is CCNC(=NCCCCN1CCC(C(N)=O)CC1)NC1CCCC(S(=O)CC)C1.I. The summed E-state index contributed by atoms with van der Waals surface area (Å²) >= 11 is 0. The van der Waals surface area contributed by atoms with Gasteiger partial charge in [0.05, 0.1) is 0 Å². The molecule has 9 heteroatoms. The topological polar surface area (TPSA) is 99.8 Å². The molecule has 0 radical (unpaired) electrons. The lowest BCUT2D eigenvalue weighted by Crippen LogP contribution is -2.46. The Bertz CT molecular complexity index is 556. The number of likely N-dealkylation sites (tertiary alicyclic amines) is 1. The first-order valence-electron chi connectivity index (χ1n) is 11.5. The number of carbonyl (C=O) groups excluding carboxylic acids is 1. The van der Waals surface area contributed by atoms with Crippen molar-refractivity contribution in [1.29, 1.82) is 0 Å². The average molecular weight is 556 g/mol. The number of rotatable bonds is 10. The molecule has 1 aliphatic heterocycles. The summed E-state index contributed by atoms with van der Waals surface area (Å²) in [7, 11) is -0.699. The Hall–Kier alpha value is -0.420. The van der Waals surface area contributed by atoms with Crippen LogP contribution in [0.2, 0.25) is 0 Å². The van der Waals surface area contributed by atoms with Crippen LogP contribution in [-0.2, 0) is 15.6 Å². The van der Waals surface area contributed by atoms with E-state index in [1.165, 1.54) is 0 Å². The number of nitrogens with two attached hydrogens (primary N) is 1. The number of amides is 1. The summed E-state index contributed by atoms with van der Waals surface area (Å²) in [6.45, 7) is 8.77. The molecule has 0 aromatic rings. The molecule has 1 saturated heterocycles. The highest BCUT2D eigenvalue weighted by Crippen LogP contribution is 2.23. The fourth-order valence-corrected chi connectivity index (χ4v) is 5.69. The van der Waals surface area contributed by atoms with Crippen LogP contribution < -0.4 is 16.4 Å². The van der Waals surface area contributed by atoms with Gasteiger partial charge in [0, 0.05) is 46.9 Å². The number of piperidine rings is 1. The average Bonchev–Trinajstić information content (AvgIpc) is 2.73. The van der Waals surface area contributed by atoms with Crippen molar-refractivity contribution in [3.05, 3.63) is 0 Å². The van der Waals surface area contributed by atoms with Crippen molar-refractivity contribution in [1.82, 2.24) is 15.5 Å². The van der Waals surface area contributed by atoms with E-state index in [2.05, 4.69) is 22.5 Å². The predicted octanol–water partition coefficient (Wildman–Crippen LogP) is 2.22. The zero-order valence-corrected chi connectivity index (χ0v) is 21.9. The number of nitrogens with one attached hydrogen (secondary N) is 2. The summed E-state index contributed by atoms with van der Waals surface area (Å²) in [5.41, 5.74) is 5.40. The second kappa shape index (κ2) is 15.4. The van der Waals surface area contributed by atoms with Crippen LogP contribution in [-0.4, -0.2) is 70.7 Å². The van der Waals surface area contributed by atoms with E-state index in [0.717, 1.165) is 95.8 Å². The summed E-state index contributed by atoms with van der Waals surface area (Å²) in [5, 5.41) is 7.25. The summed E-state index contributed by atoms with van der Waals surface area (Å²) in [4.78, 5) is 18.4. The van der Waals surface area contributed by atoms with E-state index < -0.39 is 10.8 Å². The molecular weight excluding hydrogens is 513 g/mol. The minimum atomic E-state index is -0.699. The van der Waals surface area contributed by atoms with Crippen LogP contribution in [0.25, 0.3) is 0 Å². The smallest absolute Gasteiger partial charge is 0.220 e. The van der Waals surface area contributed by atoms with Crippen molar-refractivity contribution in [3.8, 4) is 0 Å². The van der Waals surface area contributed by atoms with E-state index in [-0.39, 0.29) is 35.8 Å². The second-order valence-electron chi connectivity index (χ2n) is 8.29. The summed E-state index contributed by atoms with van der Waals surface area (Å²) in [6, 6.07) is 0.369. The Morgan fingerprint density at radius 1 is 1.17 bits per heavy atom. The molecule has 176 valence electrons. The second-order valence-corrected chi connectivity index (χ2v) is 10.3. The van der Waals surface area contributed by atoms with Crippen molar-refractivity contribution in [3.63, 3.8) is 0 Å². The highest BCUT2D eigenvalue weighted by molar-refractivity contribution is 14.0. The van der Waals surface area contributed by atoms with E-state index in [1.54, 1.807) is 0 Å². The van der Waals surface area contributed by atoms with Crippen molar-refractivity contribution >= 4 is 46.6 Å². The summed E-state index contributed by atoms with van der Waals surface area (Å²) in [5.74, 6) is 1.57. The molecule has 1 aliphatic carbocycles. The molecule has 30 heavy (non-hydrogen) atoms. The maximum atomic E-state index is 12.2. The molecule has 2 rings (SSSR count). The third-order valence-corrected chi connectivity index (χ3v) is 7.85. The Morgan fingerprint density at radius 2 is 1.90 bits per heavy atom. The van der Waals surface area contributed by atoms with Gasteiger partial charge in [-0.1, -0.05) is 13.3 Å². The van der Waals surface area contributed by atoms with E-state index in [0.29, 0.717) is 11.3 Å². The van der Waals surface area contributed by atoms with Crippen molar-refractivity contribution in [2.45, 2.75) is 76.5 Å². The molecule has 2 aliphatic rings. The molecule has 0 aromatic heterocycles. The Balaban J connectivity index is 0.00000450. The van der Waals surface area contributed by atoms with Gasteiger partial charge >= 0.3 is 0 Å². The van der Waals surface area contributed by atoms with Crippen molar-refractivity contribution in [2.24, 2.45) is 16.6 Å². The lowest BCUT2D eigenvalue weighted by molar-refractivity contribution is -0.123. The van der Waals surface area contributed by atoms with Gasteiger partial charge in [-0.2, -0.15) is 0 Å². The molecule has 3 atom stereocenters. The monoisotopic (exact) mass is 555 g/mol. The van der Waals surface area contributed by atoms with Gasteiger partial charge in [-0.05, 0) is 71.5 Å². The first-order valence-corrected chi connectivity index (χ1v) is 12.8. The van der Waals surface area contributed by atoms with Crippen LogP contribution in [0.4, 0.5) is 0 Å². The fraction of sp³-hybridized carbons (Fsp3) is 0.905. The van der Waals surface area contributed by atoms with Gasteiger partial charge in [0.1, 0.15) is 0 Å². The zero-order valence-electron chi connectivity index (χ0n) is 18.7. The number of carbonyl (C=O) groups is 1. The number of aliphatic imine (C=N–C) groups is 1. The maximum absolute atomic E-state index is 12.2. The van der Waals surface area contributed by atoms with Gasteiger partial charge in [-0.3, -0.25) is 14.0 Å². The third kappa shape index (κ3) is 9.80. The molecule has 0 aromatic carbocycles. The Labute approximate surface area is 202 Å². The highest BCUT2D eigenvalue weighted by atomic mass is 127.